The lowest BCUT2D eigenvalue weighted by Crippen LogP contribution is -2.45. The van der Waals surface area contributed by atoms with E-state index in [9.17, 15) is 4.79 Å². The van der Waals surface area contributed by atoms with Crippen molar-refractivity contribution in [1.29, 1.82) is 0 Å². The predicted octanol–water partition coefficient (Wildman–Crippen LogP) is 4.06. The first-order valence-electron chi connectivity index (χ1n) is 9.21. The van der Waals surface area contributed by atoms with Crippen LogP contribution in [-0.2, 0) is 7.05 Å². The lowest BCUT2D eigenvalue weighted by Gasteiger charge is -2.32. The van der Waals surface area contributed by atoms with Crippen molar-refractivity contribution in [2.24, 2.45) is 7.05 Å². The van der Waals surface area contributed by atoms with Crippen LogP contribution in [0.25, 0.3) is 0 Å². The minimum atomic E-state index is -0.0316. The molecule has 1 saturated heterocycles. The van der Waals surface area contributed by atoms with Crippen molar-refractivity contribution in [3.63, 3.8) is 0 Å². The van der Waals surface area contributed by atoms with Gasteiger partial charge in [-0.25, -0.2) is 4.79 Å². The summed E-state index contributed by atoms with van der Waals surface area (Å²) in [6.07, 6.45) is 3.91. The van der Waals surface area contributed by atoms with Crippen LogP contribution in [0.1, 0.15) is 42.6 Å². The summed E-state index contributed by atoms with van der Waals surface area (Å²) in [5.41, 5.74) is 3.45. The predicted molar refractivity (Wildman–Crippen MR) is 107 cm³/mol. The van der Waals surface area contributed by atoms with Crippen LogP contribution < -0.4 is 5.32 Å². The molecule has 26 heavy (non-hydrogen) atoms. The number of nitrogens with zero attached hydrogens (tertiary/aromatic N) is 3. The monoisotopic (exact) mass is 372 g/mol. The molecule has 1 fully saturated rings. The van der Waals surface area contributed by atoms with E-state index in [2.05, 4.69) is 41.6 Å². The third kappa shape index (κ3) is 4.41. The van der Waals surface area contributed by atoms with Gasteiger partial charge in [0, 0.05) is 41.5 Å². The number of likely N-dealkylation sites (tertiary alicyclic amines) is 1. The number of amides is 2. The van der Waals surface area contributed by atoms with Crippen LogP contribution in [0, 0.1) is 13.8 Å². The first kappa shape index (κ1) is 18.8. The van der Waals surface area contributed by atoms with E-state index >= 15 is 0 Å². The Bertz CT molecular complexity index is 748. The smallest absolute Gasteiger partial charge is 0.317 e. The molecule has 1 aromatic heterocycles. The van der Waals surface area contributed by atoms with E-state index in [4.69, 9.17) is 0 Å². The molecule has 2 amide bonds. The molecule has 0 radical (unpaired) electrons. The van der Waals surface area contributed by atoms with Crippen molar-refractivity contribution in [3.05, 3.63) is 47.3 Å². The van der Waals surface area contributed by atoms with Crippen molar-refractivity contribution in [2.45, 2.75) is 49.8 Å². The molecular weight excluding hydrogens is 344 g/mol. The van der Waals surface area contributed by atoms with Crippen LogP contribution in [0.5, 0.6) is 0 Å². The summed E-state index contributed by atoms with van der Waals surface area (Å²) >= 11 is 1.93. The lowest BCUT2D eigenvalue weighted by molar-refractivity contribution is 0.184. The van der Waals surface area contributed by atoms with Crippen molar-refractivity contribution >= 4 is 17.8 Å². The number of rotatable bonds is 4. The Morgan fingerprint density at radius 2 is 1.88 bits per heavy atom. The highest BCUT2D eigenvalue weighted by Crippen LogP contribution is 2.30. The first-order chi connectivity index (χ1) is 12.4. The number of carbonyl (C=O) groups excluding carboxylic acids is 1. The maximum atomic E-state index is 12.6. The Morgan fingerprint density at radius 3 is 2.46 bits per heavy atom. The molecule has 1 aliphatic heterocycles. The lowest BCUT2D eigenvalue weighted by atomic mass is 10.1. The minimum absolute atomic E-state index is 0.0274. The highest BCUT2D eigenvalue weighted by Gasteiger charge is 2.25. The molecular formula is C20H28N4OS. The molecule has 0 saturated carbocycles. The van der Waals surface area contributed by atoms with Gasteiger partial charge in [0.15, 0.2) is 0 Å². The number of aromatic nitrogens is 2. The third-order valence-corrected chi connectivity index (χ3v) is 6.48. The van der Waals surface area contributed by atoms with Gasteiger partial charge in [0.2, 0.25) is 0 Å². The zero-order valence-electron chi connectivity index (χ0n) is 16.0. The summed E-state index contributed by atoms with van der Waals surface area (Å²) in [6.45, 7) is 7.78. The van der Waals surface area contributed by atoms with Gasteiger partial charge < -0.3 is 10.2 Å². The molecule has 0 bridgehead atoms. The topological polar surface area (TPSA) is 50.2 Å². The van der Waals surface area contributed by atoms with E-state index in [1.54, 1.807) is 0 Å². The Morgan fingerprint density at radius 1 is 1.23 bits per heavy atom. The Balaban J connectivity index is 1.48. The van der Waals surface area contributed by atoms with Crippen molar-refractivity contribution in [1.82, 2.24) is 20.0 Å². The molecule has 3 rings (SSSR count). The summed E-state index contributed by atoms with van der Waals surface area (Å²) in [4.78, 5) is 15.8. The summed E-state index contributed by atoms with van der Waals surface area (Å²) in [6, 6.07) is 8.70. The number of nitrogens with one attached hydrogen (secondary N) is 1. The van der Waals surface area contributed by atoms with Crippen LogP contribution in [0.2, 0.25) is 0 Å². The molecule has 1 aromatic carbocycles. The fourth-order valence-corrected chi connectivity index (χ4v) is 4.41. The molecule has 1 N–H and O–H groups in total. The average molecular weight is 373 g/mol. The van der Waals surface area contributed by atoms with E-state index in [0.717, 1.165) is 37.2 Å². The molecule has 0 spiro atoms. The van der Waals surface area contributed by atoms with E-state index in [0.29, 0.717) is 5.25 Å². The molecule has 6 heteroatoms. The van der Waals surface area contributed by atoms with Gasteiger partial charge >= 0.3 is 6.03 Å². The summed E-state index contributed by atoms with van der Waals surface area (Å²) < 4.78 is 1.84. The van der Waals surface area contributed by atoms with Gasteiger partial charge in [0.25, 0.3) is 0 Å². The number of hydrogen-bond acceptors (Lipinski definition) is 3. The zero-order valence-corrected chi connectivity index (χ0v) is 16.8. The van der Waals surface area contributed by atoms with Crippen molar-refractivity contribution in [3.8, 4) is 0 Å². The van der Waals surface area contributed by atoms with Crippen LogP contribution in [0.15, 0.2) is 35.4 Å². The van der Waals surface area contributed by atoms with Crippen LogP contribution in [-0.4, -0.2) is 39.1 Å². The highest BCUT2D eigenvalue weighted by molar-refractivity contribution is 8.00. The summed E-state index contributed by atoms with van der Waals surface area (Å²) in [5.74, 6) is 0. The van der Waals surface area contributed by atoms with E-state index in [-0.39, 0.29) is 12.1 Å². The molecule has 140 valence electrons. The molecule has 1 atom stereocenters. The summed E-state index contributed by atoms with van der Waals surface area (Å²) in [7, 11) is 1.92. The van der Waals surface area contributed by atoms with E-state index in [1.165, 1.54) is 10.5 Å². The fourth-order valence-electron chi connectivity index (χ4n) is 3.28. The number of hydrogen-bond donors (Lipinski definition) is 1. The Hall–Kier alpha value is -1.95. The van der Waals surface area contributed by atoms with Crippen molar-refractivity contribution in [2.75, 3.05) is 13.1 Å². The number of aryl methyl sites for hydroxylation is 2. The molecule has 2 heterocycles. The van der Waals surface area contributed by atoms with Crippen LogP contribution >= 0.6 is 11.8 Å². The maximum Gasteiger partial charge on any atom is 0.317 e. The van der Waals surface area contributed by atoms with E-state index < -0.39 is 0 Å². The van der Waals surface area contributed by atoms with Gasteiger partial charge in [-0.2, -0.15) is 5.10 Å². The quantitative estimate of drug-likeness (QED) is 0.880. The van der Waals surface area contributed by atoms with Gasteiger partial charge in [-0.1, -0.05) is 17.7 Å². The van der Waals surface area contributed by atoms with E-state index in [1.807, 2.05) is 48.4 Å². The Kier molecular flexibility index (Phi) is 5.91. The largest absolute Gasteiger partial charge is 0.331 e. The van der Waals surface area contributed by atoms with Crippen LogP contribution in [0.4, 0.5) is 4.79 Å². The number of thioether (sulfide) groups is 1. The second-order valence-electron chi connectivity index (χ2n) is 7.10. The number of carbonyl (C=O) groups is 1. The highest BCUT2D eigenvalue weighted by atomic mass is 32.2. The van der Waals surface area contributed by atoms with Gasteiger partial charge in [-0.15, -0.1) is 11.8 Å². The minimum Gasteiger partial charge on any atom is -0.331 e. The van der Waals surface area contributed by atoms with Gasteiger partial charge in [0.05, 0.1) is 12.2 Å². The maximum absolute atomic E-state index is 12.6. The molecule has 2 aromatic rings. The number of benzene rings is 1. The van der Waals surface area contributed by atoms with Gasteiger partial charge in [0.1, 0.15) is 0 Å². The molecule has 1 aliphatic rings. The normalized spacial score (nSPS) is 16.5. The Labute approximate surface area is 160 Å². The SMILES string of the molecule is Cc1ccc(SC2CCN(C(=O)N[C@H](C)c3cnn(C)c3C)CC2)cc1. The van der Waals surface area contributed by atoms with Gasteiger partial charge in [-0.05, 0) is 45.7 Å². The second-order valence-corrected chi connectivity index (χ2v) is 8.47. The van der Waals surface area contributed by atoms with Crippen LogP contribution in [0.3, 0.4) is 0 Å². The zero-order chi connectivity index (χ0) is 18.7. The molecule has 0 aliphatic carbocycles. The molecule has 0 unspecified atom stereocenters. The van der Waals surface area contributed by atoms with Crippen molar-refractivity contribution < 1.29 is 4.79 Å². The average Bonchev–Trinajstić information content (AvgIpc) is 2.97. The third-order valence-electron chi connectivity index (χ3n) is 5.13. The summed E-state index contributed by atoms with van der Waals surface area (Å²) in [5, 5.41) is 7.96. The fraction of sp³-hybridized carbons (Fsp3) is 0.500. The first-order valence-corrected chi connectivity index (χ1v) is 10.1. The number of piperidine rings is 1. The van der Waals surface area contributed by atoms with Gasteiger partial charge in [-0.3, -0.25) is 4.68 Å². The molecule has 5 nitrogen and oxygen atoms in total. The number of urea groups is 1. The second kappa shape index (κ2) is 8.16. The standard InChI is InChI=1S/C20H28N4OS/c1-14-5-7-17(8-6-14)26-18-9-11-24(12-10-18)20(25)22-15(2)19-13-21-23(4)16(19)3/h5-8,13,15,18H,9-12H2,1-4H3,(H,22,25)/t15-/m1/s1.